The lowest BCUT2D eigenvalue weighted by Crippen LogP contribution is -3.00. The number of hydrogen-bond donors (Lipinski definition) is 3. The molecule has 0 bridgehead atoms. The number of rotatable bonds is 6. The van der Waals surface area contributed by atoms with Gasteiger partial charge in [0.15, 0.2) is 18.9 Å². The Morgan fingerprint density at radius 2 is 2.07 bits per heavy atom. The van der Waals surface area contributed by atoms with Crippen molar-refractivity contribution in [2.24, 2.45) is 0 Å². The van der Waals surface area contributed by atoms with E-state index >= 15 is 0 Å². The van der Waals surface area contributed by atoms with E-state index in [1.807, 2.05) is 60.3 Å². The number of pyridine rings is 1. The minimum Gasteiger partial charge on any atom is -1.00 e. The maximum Gasteiger partial charge on any atom is 0.322 e. The molecule has 2 aromatic heterocycles. The summed E-state index contributed by atoms with van der Waals surface area (Å²) in [4.78, 5) is 16.7. The molecule has 7 nitrogen and oxygen atoms in total. The van der Waals surface area contributed by atoms with Crippen LogP contribution in [0.4, 0.5) is 10.5 Å². The molecule has 3 N–H and O–H groups in total. The molecule has 1 unspecified atom stereocenters. The number of carbonyl (C=O) groups is 1. The van der Waals surface area contributed by atoms with Crippen molar-refractivity contribution in [3.8, 4) is 5.75 Å². The first-order valence-electron chi connectivity index (χ1n) is 9.04. The quantitative estimate of drug-likeness (QED) is 0.413. The summed E-state index contributed by atoms with van der Waals surface area (Å²) in [7, 11) is 0. The monoisotopic (exact) mass is 446 g/mol. The van der Waals surface area contributed by atoms with Crippen molar-refractivity contribution < 1.29 is 36.2 Å². The molecule has 1 aliphatic rings. The van der Waals surface area contributed by atoms with E-state index in [-0.39, 0.29) is 29.6 Å². The van der Waals surface area contributed by atoms with E-state index < -0.39 is 6.10 Å². The fourth-order valence-electron chi connectivity index (χ4n) is 3.34. The molecule has 0 spiro atoms. The Morgan fingerprint density at radius 3 is 2.79 bits per heavy atom. The number of aromatic nitrogens is 2. The Bertz CT molecular complexity index is 958. The van der Waals surface area contributed by atoms with Crippen LogP contribution in [0.3, 0.4) is 0 Å². The summed E-state index contributed by atoms with van der Waals surface area (Å²) < 4.78 is 7.72. The van der Waals surface area contributed by atoms with Gasteiger partial charge in [-0.25, -0.2) is 9.36 Å². The number of fused-ring (bicyclic) bond motifs is 1. The highest BCUT2D eigenvalue weighted by molar-refractivity contribution is 5.93. The Hall–Kier alpha value is -2.58. The number of halogens is 1. The van der Waals surface area contributed by atoms with Gasteiger partial charge in [0, 0.05) is 41.8 Å². The number of nitrogens with one attached hydrogen (secondary N) is 2. The van der Waals surface area contributed by atoms with Crippen LogP contribution in [0.5, 0.6) is 5.75 Å². The number of aliphatic hydroxyl groups is 1. The van der Waals surface area contributed by atoms with E-state index in [2.05, 4.69) is 10.3 Å². The van der Waals surface area contributed by atoms with Crippen LogP contribution in [0.25, 0.3) is 10.9 Å². The third-order valence-corrected chi connectivity index (χ3v) is 4.65. The van der Waals surface area contributed by atoms with Gasteiger partial charge in [-0.15, -0.1) is 0 Å². The predicted molar refractivity (Wildman–Crippen MR) is 102 cm³/mol. The smallest absolute Gasteiger partial charge is 0.322 e. The van der Waals surface area contributed by atoms with Gasteiger partial charge < -0.3 is 37.1 Å². The number of anilines is 1. The van der Waals surface area contributed by atoms with Gasteiger partial charge in [-0.05, 0) is 25.1 Å². The number of aliphatic hydroxyl groups excluding tert-OH is 1. The SMILES string of the molecule is Cc1cc2c(OCC(O)C[n+]3ccc(N4CCNC4=O)cc3)cccc2[nH]1.[Br-]. The van der Waals surface area contributed by atoms with Gasteiger partial charge in [0.25, 0.3) is 0 Å². The highest BCUT2D eigenvalue weighted by atomic mass is 79.9. The Morgan fingerprint density at radius 1 is 1.29 bits per heavy atom. The molecule has 28 heavy (non-hydrogen) atoms. The molecule has 148 valence electrons. The van der Waals surface area contributed by atoms with Crippen LogP contribution in [0.15, 0.2) is 48.8 Å². The second-order valence-corrected chi connectivity index (χ2v) is 6.77. The maximum atomic E-state index is 11.7. The standard InChI is InChI=1S/C20H22N4O3.BrH/c1-14-11-17-18(22-14)3-2-4-19(17)27-13-16(25)12-23-8-5-15(6-9-23)24-10-7-21-20(24)26;/h2-6,8-9,11,16,22,25H,7,10,12-13H2,1H3;1H. The van der Waals surface area contributed by atoms with Crippen molar-refractivity contribution in [1.29, 1.82) is 0 Å². The van der Waals surface area contributed by atoms with Crippen LogP contribution in [0, 0.1) is 6.92 Å². The number of amides is 2. The zero-order chi connectivity index (χ0) is 18.8. The number of H-pyrrole nitrogens is 1. The number of nitrogens with zero attached hydrogens (tertiary/aromatic N) is 2. The molecule has 3 aromatic rings. The van der Waals surface area contributed by atoms with Gasteiger partial charge in [-0.3, -0.25) is 4.90 Å². The molecular formula is C20H23BrN4O3. The number of aryl methyl sites for hydroxylation is 1. The van der Waals surface area contributed by atoms with Gasteiger partial charge in [0.05, 0.1) is 5.69 Å². The van der Waals surface area contributed by atoms with Crippen LogP contribution in [-0.2, 0) is 6.54 Å². The maximum absolute atomic E-state index is 11.7. The molecule has 0 radical (unpaired) electrons. The number of carbonyl (C=O) groups excluding carboxylic acids is 1. The molecule has 1 saturated heterocycles. The predicted octanol–water partition coefficient (Wildman–Crippen LogP) is -1.26. The molecular weight excluding hydrogens is 424 g/mol. The van der Waals surface area contributed by atoms with Crippen molar-refractivity contribution in [1.82, 2.24) is 10.3 Å². The average Bonchev–Trinajstić information content (AvgIpc) is 3.25. The minimum atomic E-state index is -0.647. The summed E-state index contributed by atoms with van der Waals surface area (Å²) in [6.07, 6.45) is 3.08. The molecule has 8 heteroatoms. The Labute approximate surface area is 173 Å². The molecule has 1 atom stereocenters. The summed E-state index contributed by atoms with van der Waals surface area (Å²) >= 11 is 0. The van der Waals surface area contributed by atoms with Crippen LogP contribution < -0.4 is 36.5 Å². The number of ether oxygens (including phenoxy) is 1. The van der Waals surface area contributed by atoms with Crippen molar-refractivity contribution in [2.45, 2.75) is 19.6 Å². The van der Waals surface area contributed by atoms with Crippen molar-refractivity contribution in [3.05, 3.63) is 54.5 Å². The van der Waals surface area contributed by atoms with Crippen LogP contribution >= 0.6 is 0 Å². The number of hydrogen-bond acceptors (Lipinski definition) is 3. The van der Waals surface area contributed by atoms with Crippen LogP contribution in [-0.4, -0.2) is 41.9 Å². The summed E-state index contributed by atoms with van der Waals surface area (Å²) in [5.74, 6) is 0.760. The molecule has 1 aromatic carbocycles. The normalized spacial score (nSPS) is 14.6. The molecule has 0 aliphatic carbocycles. The van der Waals surface area contributed by atoms with E-state index in [0.29, 0.717) is 19.6 Å². The van der Waals surface area contributed by atoms with Gasteiger partial charge in [-0.2, -0.15) is 0 Å². The zero-order valence-electron chi connectivity index (χ0n) is 15.6. The lowest BCUT2D eigenvalue weighted by atomic mass is 10.2. The van der Waals surface area contributed by atoms with E-state index in [1.54, 1.807) is 4.90 Å². The number of urea groups is 1. The lowest BCUT2D eigenvalue weighted by Gasteiger charge is -2.14. The first-order valence-corrected chi connectivity index (χ1v) is 9.04. The van der Waals surface area contributed by atoms with Crippen LogP contribution in [0.1, 0.15) is 5.69 Å². The summed E-state index contributed by atoms with van der Waals surface area (Å²) in [5.41, 5.74) is 2.95. The first kappa shape index (κ1) is 20.2. The first-order chi connectivity index (χ1) is 13.1. The number of benzene rings is 1. The second-order valence-electron chi connectivity index (χ2n) is 6.77. The van der Waals surface area contributed by atoms with Crippen molar-refractivity contribution >= 4 is 22.6 Å². The molecule has 1 aliphatic heterocycles. The highest BCUT2D eigenvalue weighted by Gasteiger charge is 2.22. The summed E-state index contributed by atoms with van der Waals surface area (Å²) in [6, 6.07) is 11.6. The fraction of sp³-hybridized carbons (Fsp3) is 0.300. The Balaban J connectivity index is 0.00000225. The number of aromatic amines is 1. The molecule has 3 heterocycles. The zero-order valence-corrected chi connectivity index (χ0v) is 17.1. The minimum absolute atomic E-state index is 0. The summed E-state index contributed by atoms with van der Waals surface area (Å²) in [6.45, 7) is 3.95. The Kier molecular flexibility index (Phi) is 6.21. The molecule has 1 fully saturated rings. The molecule has 2 amide bonds. The lowest BCUT2D eigenvalue weighted by molar-refractivity contribution is -0.703. The highest BCUT2D eigenvalue weighted by Crippen LogP contribution is 2.26. The van der Waals surface area contributed by atoms with E-state index in [9.17, 15) is 9.90 Å². The molecule has 4 rings (SSSR count). The van der Waals surface area contributed by atoms with Gasteiger partial charge in [-0.1, -0.05) is 6.07 Å². The van der Waals surface area contributed by atoms with Gasteiger partial charge in [0.2, 0.25) is 0 Å². The van der Waals surface area contributed by atoms with Crippen molar-refractivity contribution in [2.75, 3.05) is 24.6 Å². The second kappa shape index (κ2) is 8.62. The summed E-state index contributed by atoms with van der Waals surface area (Å²) in [5, 5.41) is 14.1. The van der Waals surface area contributed by atoms with Crippen LogP contribution in [0.2, 0.25) is 0 Å². The topological polar surface area (TPSA) is 81.5 Å². The third-order valence-electron chi connectivity index (χ3n) is 4.65. The van der Waals surface area contributed by atoms with E-state index in [0.717, 1.165) is 28.0 Å². The fourth-order valence-corrected chi connectivity index (χ4v) is 3.34. The van der Waals surface area contributed by atoms with E-state index in [1.165, 1.54) is 0 Å². The van der Waals surface area contributed by atoms with E-state index in [4.69, 9.17) is 4.74 Å². The van der Waals surface area contributed by atoms with Gasteiger partial charge in [0.1, 0.15) is 18.5 Å². The largest absolute Gasteiger partial charge is 1.00 e. The van der Waals surface area contributed by atoms with Crippen molar-refractivity contribution in [3.63, 3.8) is 0 Å². The average molecular weight is 447 g/mol. The van der Waals surface area contributed by atoms with Gasteiger partial charge >= 0.3 is 6.03 Å². The third kappa shape index (κ3) is 4.28. The molecule has 0 saturated carbocycles.